The fourth-order valence-electron chi connectivity index (χ4n) is 2.52. The number of carbonyl (C=O) groups is 3. The van der Waals surface area contributed by atoms with E-state index in [1.807, 2.05) is 0 Å². The smallest absolute Gasteiger partial charge is 0.420 e. The van der Waals surface area contributed by atoms with Crippen LogP contribution in [-0.4, -0.2) is 42.3 Å². The molecule has 3 N–H and O–H groups in total. The first-order valence-electron chi connectivity index (χ1n) is 7.29. The van der Waals surface area contributed by atoms with E-state index < -0.39 is 24.3 Å². The van der Waals surface area contributed by atoms with Gasteiger partial charge in [-0.25, -0.2) is 14.0 Å². The number of ether oxygens (including phenoxy) is 1. The summed E-state index contributed by atoms with van der Waals surface area (Å²) < 4.78 is 23.7. The molecule has 0 spiro atoms. The molecule has 1 aromatic carbocycles. The van der Waals surface area contributed by atoms with Crippen molar-refractivity contribution in [1.29, 1.82) is 0 Å². The van der Waals surface area contributed by atoms with Gasteiger partial charge in [0.05, 0.1) is 6.54 Å². The molecule has 0 saturated carbocycles. The topological polar surface area (TPSA) is 115 Å². The minimum Gasteiger partial charge on any atom is -0.449 e. The van der Waals surface area contributed by atoms with Crippen molar-refractivity contribution in [3.63, 3.8) is 0 Å². The summed E-state index contributed by atoms with van der Waals surface area (Å²) >= 11 is 3.27. The van der Waals surface area contributed by atoms with Crippen molar-refractivity contribution in [2.24, 2.45) is 5.73 Å². The number of anilines is 1. The number of alkyl halides is 1. The lowest BCUT2D eigenvalue weighted by Crippen LogP contribution is -2.33. The summed E-state index contributed by atoms with van der Waals surface area (Å²) in [6.45, 7) is 0.0433. The Morgan fingerprint density at radius 1 is 1.40 bits per heavy atom. The lowest BCUT2D eigenvalue weighted by molar-refractivity contribution is 0.0977. The fraction of sp³-hybridized carbons (Fsp3) is 0.267. The van der Waals surface area contributed by atoms with Gasteiger partial charge < -0.3 is 19.8 Å². The highest BCUT2D eigenvalue weighted by Crippen LogP contribution is 2.33. The zero-order chi connectivity index (χ0) is 18.1. The molecule has 1 saturated heterocycles. The first-order chi connectivity index (χ1) is 11.8. The standard InChI is InChI=1S/C15H13BrFN3O5/c16-7-1-2-10-9(5-7)11(12(24-10)13(18)21)19-14(22)25-15(23)20-4-3-8(17)6-20/h1-2,5,8H,3-4,6H2,(H2,18,21)(H,19,22). The van der Waals surface area contributed by atoms with E-state index in [9.17, 15) is 18.8 Å². The highest BCUT2D eigenvalue weighted by atomic mass is 79.9. The number of hydrogen-bond acceptors (Lipinski definition) is 5. The van der Waals surface area contributed by atoms with Crippen molar-refractivity contribution < 1.29 is 27.9 Å². The van der Waals surface area contributed by atoms with E-state index in [0.717, 1.165) is 4.90 Å². The molecule has 25 heavy (non-hydrogen) atoms. The van der Waals surface area contributed by atoms with Gasteiger partial charge in [-0.05, 0) is 24.6 Å². The number of furan rings is 1. The first-order valence-corrected chi connectivity index (χ1v) is 8.08. The number of primary amides is 1. The van der Waals surface area contributed by atoms with E-state index in [1.165, 1.54) is 0 Å². The average Bonchev–Trinajstić information content (AvgIpc) is 3.12. The monoisotopic (exact) mass is 413 g/mol. The molecule has 1 aliphatic rings. The van der Waals surface area contributed by atoms with E-state index in [0.29, 0.717) is 15.4 Å². The predicted molar refractivity (Wildman–Crippen MR) is 89.0 cm³/mol. The molecule has 0 aliphatic carbocycles. The molecule has 0 radical (unpaired) electrons. The number of amides is 3. The molecule has 1 aromatic heterocycles. The average molecular weight is 414 g/mol. The van der Waals surface area contributed by atoms with Gasteiger partial charge in [0.15, 0.2) is 0 Å². The molecule has 3 rings (SSSR count). The van der Waals surface area contributed by atoms with Gasteiger partial charge in [0.25, 0.3) is 5.91 Å². The van der Waals surface area contributed by atoms with Crippen LogP contribution in [0.2, 0.25) is 0 Å². The van der Waals surface area contributed by atoms with Crippen molar-refractivity contribution in [2.45, 2.75) is 12.6 Å². The summed E-state index contributed by atoms with van der Waals surface area (Å²) in [5.41, 5.74) is 5.56. The van der Waals surface area contributed by atoms with Crippen LogP contribution in [0.25, 0.3) is 11.0 Å². The Balaban J connectivity index is 1.80. The van der Waals surface area contributed by atoms with Gasteiger partial charge in [-0.15, -0.1) is 0 Å². The van der Waals surface area contributed by atoms with Crippen LogP contribution in [0.4, 0.5) is 19.7 Å². The number of hydrogen-bond donors (Lipinski definition) is 2. The van der Waals surface area contributed by atoms with Crippen molar-refractivity contribution in [1.82, 2.24) is 4.90 Å². The molecular formula is C15H13BrFN3O5. The maximum absolute atomic E-state index is 13.1. The molecule has 1 atom stereocenters. The van der Waals surface area contributed by atoms with Gasteiger partial charge in [-0.3, -0.25) is 10.1 Å². The van der Waals surface area contributed by atoms with Gasteiger partial charge in [-0.1, -0.05) is 15.9 Å². The van der Waals surface area contributed by atoms with Gasteiger partial charge >= 0.3 is 12.2 Å². The second kappa shape index (κ2) is 6.71. The van der Waals surface area contributed by atoms with Gasteiger partial charge in [0, 0.05) is 16.4 Å². The van der Waals surface area contributed by atoms with Gasteiger partial charge in [0.1, 0.15) is 17.4 Å². The fourth-order valence-corrected chi connectivity index (χ4v) is 2.88. The normalized spacial score (nSPS) is 16.9. The molecule has 2 heterocycles. The van der Waals surface area contributed by atoms with Crippen LogP contribution in [0.5, 0.6) is 0 Å². The Morgan fingerprint density at radius 3 is 2.80 bits per heavy atom. The van der Waals surface area contributed by atoms with Crippen LogP contribution >= 0.6 is 15.9 Å². The Morgan fingerprint density at radius 2 is 2.16 bits per heavy atom. The van der Waals surface area contributed by atoms with E-state index in [2.05, 4.69) is 26.0 Å². The number of carbonyl (C=O) groups excluding carboxylic acids is 3. The SMILES string of the molecule is NC(=O)c1oc2ccc(Br)cc2c1NC(=O)OC(=O)N1CCC(F)C1. The summed E-state index contributed by atoms with van der Waals surface area (Å²) in [5, 5.41) is 2.69. The highest BCUT2D eigenvalue weighted by molar-refractivity contribution is 9.10. The lowest BCUT2D eigenvalue weighted by atomic mass is 10.2. The van der Waals surface area contributed by atoms with Crippen LogP contribution < -0.4 is 11.1 Å². The number of nitrogens with zero attached hydrogens (tertiary/aromatic N) is 1. The minimum absolute atomic E-state index is 0.00797. The second-order valence-corrected chi connectivity index (χ2v) is 6.34. The summed E-state index contributed by atoms with van der Waals surface area (Å²) in [6, 6.07) is 4.87. The predicted octanol–water partition coefficient (Wildman–Crippen LogP) is 3.01. The number of nitrogens with two attached hydrogens (primary N) is 1. The van der Waals surface area contributed by atoms with E-state index >= 15 is 0 Å². The summed E-state index contributed by atoms with van der Waals surface area (Å²) in [6.07, 6.45) is -3.03. The summed E-state index contributed by atoms with van der Waals surface area (Å²) in [7, 11) is 0. The number of rotatable bonds is 2. The molecule has 10 heteroatoms. The van der Waals surface area contributed by atoms with Crippen LogP contribution in [0.3, 0.4) is 0 Å². The third kappa shape index (κ3) is 3.58. The molecule has 2 aromatic rings. The Labute approximate surface area is 149 Å². The van der Waals surface area contributed by atoms with Crippen molar-refractivity contribution in [2.75, 3.05) is 18.4 Å². The van der Waals surface area contributed by atoms with Crippen molar-refractivity contribution in [3.05, 3.63) is 28.4 Å². The number of benzene rings is 1. The van der Waals surface area contributed by atoms with E-state index in [-0.39, 0.29) is 31.0 Å². The molecule has 132 valence electrons. The maximum Gasteiger partial charge on any atom is 0.420 e. The van der Waals surface area contributed by atoms with E-state index in [4.69, 9.17) is 10.2 Å². The molecule has 1 aliphatic heterocycles. The summed E-state index contributed by atoms with van der Waals surface area (Å²) in [5.74, 6) is -1.17. The molecule has 1 unspecified atom stereocenters. The molecule has 8 nitrogen and oxygen atoms in total. The lowest BCUT2D eigenvalue weighted by Gasteiger charge is -2.14. The van der Waals surface area contributed by atoms with Crippen molar-refractivity contribution in [3.8, 4) is 0 Å². The second-order valence-electron chi connectivity index (χ2n) is 5.42. The largest absolute Gasteiger partial charge is 0.449 e. The van der Waals surface area contributed by atoms with Crippen LogP contribution in [0.15, 0.2) is 27.1 Å². The Hall–Kier alpha value is -2.62. The number of halogens is 2. The maximum atomic E-state index is 13.1. The first kappa shape index (κ1) is 17.2. The zero-order valence-electron chi connectivity index (χ0n) is 12.8. The zero-order valence-corrected chi connectivity index (χ0v) is 14.3. The van der Waals surface area contributed by atoms with Crippen LogP contribution in [-0.2, 0) is 4.74 Å². The third-order valence-corrected chi connectivity index (χ3v) is 4.16. The quantitative estimate of drug-likeness (QED) is 0.734. The third-order valence-electron chi connectivity index (χ3n) is 3.67. The molecule has 1 fully saturated rings. The Bertz CT molecular complexity index is 868. The number of fused-ring (bicyclic) bond motifs is 1. The van der Waals surface area contributed by atoms with Gasteiger partial charge in [-0.2, -0.15) is 0 Å². The van der Waals surface area contributed by atoms with Crippen LogP contribution in [0.1, 0.15) is 17.0 Å². The molecule has 0 bridgehead atoms. The van der Waals surface area contributed by atoms with Crippen LogP contribution in [0, 0.1) is 0 Å². The minimum atomic E-state index is -1.13. The highest BCUT2D eigenvalue weighted by Gasteiger charge is 2.29. The Kier molecular flexibility index (Phi) is 4.62. The van der Waals surface area contributed by atoms with Gasteiger partial charge in [0.2, 0.25) is 5.76 Å². The van der Waals surface area contributed by atoms with Crippen molar-refractivity contribution >= 4 is 50.7 Å². The van der Waals surface area contributed by atoms with E-state index in [1.54, 1.807) is 18.2 Å². The summed E-state index contributed by atoms with van der Waals surface area (Å²) in [4.78, 5) is 36.4. The molecule has 3 amide bonds. The number of nitrogens with one attached hydrogen (secondary N) is 1. The number of likely N-dealkylation sites (tertiary alicyclic amines) is 1. The molecular weight excluding hydrogens is 401 g/mol.